The number of carboxylic acids is 1. The van der Waals surface area contributed by atoms with Gasteiger partial charge in [-0.2, -0.15) is 0 Å². The molecule has 0 unspecified atom stereocenters. The van der Waals surface area contributed by atoms with E-state index in [0.29, 0.717) is 0 Å². The van der Waals surface area contributed by atoms with Crippen LogP contribution in [0, 0.1) is 0 Å². The molecule has 1 rings (SSSR count). The minimum absolute atomic E-state index is 0.0103. The number of benzene rings is 1. The second kappa shape index (κ2) is 5.80. The maximum atomic E-state index is 11.7. The van der Waals surface area contributed by atoms with Gasteiger partial charge in [-0.05, 0) is 18.2 Å². The van der Waals surface area contributed by atoms with Crippen molar-refractivity contribution < 1.29 is 28.2 Å². The van der Waals surface area contributed by atoms with Crippen molar-refractivity contribution in [1.29, 1.82) is 0 Å². The number of carbonyl (C=O) groups is 1. The van der Waals surface area contributed by atoms with E-state index in [1.807, 2.05) is 0 Å². The Labute approximate surface area is 104 Å². The number of hydrogen-bond donors (Lipinski definition) is 2. The normalized spacial score (nSPS) is 11.2. The maximum Gasteiger partial charge on any atom is 0.240 e. The minimum atomic E-state index is -3.86. The predicted octanol–water partition coefficient (Wildman–Crippen LogP) is -1.67. The van der Waals surface area contributed by atoms with Crippen molar-refractivity contribution in [1.82, 2.24) is 4.72 Å². The quantitative estimate of drug-likeness (QED) is 0.640. The average Bonchev–Trinajstić information content (AvgIpc) is 2.35. The summed E-state index contributed by atoms with van der Waals surface area (Å²) in [6.07, 6.45) is 0. The highest BCUT2D eigenvalue weighted by atomic mass is 32.2. The molecule has 2 N–H and O–H groups in total. The average molecular weight is 274 g/mol. The molecule has 0 aliphatic heterocycles. The summed E-state index contributed by atoms with van der Waals surface area (Å²) in [7, 11) is -2.60. The SMILES string of the molecule is COc1ccc(S(=O)(=O)NCCO)cc1C(=O)[O-]. The number of methoxy groups -OCH3 is 1. The number of ether oxygens (including phenoxy) is 1. The number of aliphatic hydroxyl groups excluding tert-OH is 1. The first kappa shape index (κ1) is 14.4. The first-order chi connectivity index (χ1) is 8.42. The van der Waals surface area contributed by atoms with E-state index in [9.17, 15) is 18.3 Å². The molecule has 0 spiro atoms. The van der Waals surface area contributed by atoms with Gasteiger partial charge in [-0.3, -0.25) is 0 Å². The third-order valence-corrected chi connectivity index (χ3v) is 3.56. The highest BCUT2D eigenvalue weighted by Gasteiger charge is 2.16. The van der Waals surface area contributed by atoms with Crippen molar-refractivity contribution in [2.75, 3.05) is 20.3 Å². The topological polar surface area (TPSA) is 116 Å². The Morgan fingerprint density at radius 2 is 2.17 bits per heavy atom. The van der Waals surface area contributed by atoms with Crippen molar-refractivity contribution >= 4 is 16.0 Å². The number of hydrogen-bond acceptors (Lipinski definition) is 6. The van der Waals surface area contributed by atoms with Crippen molar-refractivity contribution in [3.05, 3.63) is 23.8 Å². The Morgan fingerprint density at radius 3 is 2.67 bits per heavy atom. The Kier molecular flexibility index (Phi) is 4.65. The molecule has 0 saturated heterocycles. The summed E-state index contributed by atoms with van der Waals surface area (Å²) in [4.78, 5) is 10.6. The fourth-order valence-electron chi connectivity index (χ4n) is 1.28. The van der Waals surface area contributed by atoms with Gasteiger partial charge in [0.25, 0.3) is 0 Å². The van der Waals surface area contributed by atoms with Gasteiger partial charge in [0.15, 0.2) is 0 Å². The molecule has 0 fully saturated rings. The van der Waals surface area contributed by atoms with E-state index in [1.165, 1.54) is 19.2 Å². The van der Waals surface area contributed by atoms with E-state index >= 15 is 0 Å². The smallest absolute Gasteiger partial charge is 0.240 e. The van der Waals surface area contributed by atoms with Crippen molar-refractivity contribution in [2.24, 2.45) is 0 Å². The minimum Gasteiger partial charge on any atom is -0.545 e. The molecule has 0 aromatic heterocycles. The fourth-order valence-corrected chi connectivity index (χ4v) is 2.32. The van der Waals surface area contributed by atoms with E-state index in [0.717, 1.165) is 6.07 Å². The summed E-state index contributed by atoms with van der Waals surface area (Å²) in [6.45, 7) is -0.516. The van der Waals surface area contributed by atoms with Gasteiger partial charge in [0, 0.05) is 12.1 Å². The highest BCUT2D eigenvalue weighted by Crippen LogP contribution is 2.21. The lowest BCUT2D eigenvalue weighted by atomic mass is 10.2. The van der Waals surface area contributed by atoms with Crippen LogP contribution in [0.2, 0.25) is 0 Å². The van der Waals surface area contributed by atoms with Crippen LogP contribution in [0.1, 0.15) is 10.4 Å². The molecular weight excluding hydrogens is 262 g/mol. The first-order valence-electron chi connectivity index (χ1n) is 4.92. The molecule has 18 heavy (non-hydrogen) atoms. The summed E-state index contributed by atoms with van der Waals surface area (Å²) >= 11 is 0. The molecule has 0 amide bonds. The molecule has 1 aromatic rings. The van der Waals surface area contributed by atoms with Crippen LogP contribution in [0.25, 0.3) is 0 Å². The van der Waals surface area contributed by atoms with Crippen molar-refractivity contribution in [3.8, 4) is 5.75 Å². The lowest BCUT2D eigenvalue weighted by Crippen LogP contribution is -2.28. The first-order valence-corrected chi connectivity index (χ1v) is 6.40. The zero-order valence-electron chi connectivity index (χ0n) is 9.54. The van der Waals surface area contributed by atoms with Gasteiger partial charge in [0.1, 0.15) is 5.75 Å². The number of rotatable bonds is 6. The number of aliphatic hydroxyl groups is 1. The van der Waals surface area contributed by atoms with Gasteiger partial charge in [0.2, 0.25) is 10.0 Å². The standard InChI is InChI=1S/C10H13NO6S/c1-17-9-3-2-7(6-8(9)10(13)14)18(15,16)11-4-5-12/h2-3,6,11-12H,4-5H2,1H3,(H,13,14)/p-1. The van der Waals surface area contributed by atoms with E-state index in [1.54, 1.807) is 0 Å². The van der Waals surface area contributed by atoms with Crippen LogP contribution >= 0.6 is 0 Å². The van der Waals surface area contributed by atoms with Gasteiger partial charge in [-0.15, -0.1) is 0 Å². The predicted molar refractivity (Wildman–Crippen MR) is 59.6 cm³/mol. The number of carbonyl (C=O) groups excluding carboxylic acids is 1. The zero-order valence-corrected chi connectivity index (χ0v) is 10.4. The van der Waals surface area contributed by atoms with E-state index in [-0.39, 0.29) is 29.4 Å². The van der Waals surface area contributed by atoms with Crippen LogP contribution in [-0.2, 0) is 10.0 Å². The van der Waals surface area contributed by atoms with Crippen LogP contribution in [-0.4, -0.2) is 39.8 Å². The summed E-state index contributed by atoms with van der Waals surface area (Å²) in [6, 6.07) is 3.36. The van der Waals surface area contributed by atoms with E-state index in [4.69, 9.17) is 9.84 Å². The summed E-state index contributed by atoms with van der Waals surface area (Å²) in [5.41, 5.74) is -0.357. The Morgan fingerprint density at radius 1 is 1.50 bits per heavy atom. The van der Waals surface area contributed by atoms with Gasteiger partial charge < -0.3 is 19.7 Å². The summed E-state index contributed by atoms with van der Waals surface area (Å²) in [5, 5.41) is 19.4. The lowest BCUT2D eigenvalue weighted by Gasteiger charge is -2.12. The highest BCUT2D eigenvalue weighted by molar-refractivity contribution is 7.89. The molecule has 8 heteroatoms. The maximum absolute atomic E-state index is 11.7. The molecule has 0 saturated carbocycles. The molecule has 7 nitrogen and oxygen atoms in total. The fraction of sp³-hybridized carbons (Fsp3) is 0.300. The molecule has 0 atom stereocenters. The third kappa shape index (κ3) is 3.19. The van der Waals surface area contributed by atoms with Crippen LogP contribution in [0.15, 0.2) is 23.1 Å². The summed E-state index contributed by atoms with van der Waals surface area (Å²) in [5.74, 6) is -1.53. The van der Waals surface area contributed by atoms with Crippen molar-refractivity contribution in [2.45, 2.75) is 4.90 Å². The van der Waals surface area contributed by atoms with Crippen LogP contribution in [0.3, 0.4) is 0 Å². The molecule has 1 aromatic carbocycles. The number of sulfonamides is 1. The van der Waals surface area contributed by atoms with Crippen LogP contribution < -0.4 is 14.6 Å². The van der Waals surface area contributed by atoms with Crippen molar-refractivity contribution in [3.63, 3.8) is 0 Å². The van der Waals surface area contributed by atoms with E-state index in [2.05, 4.69) is 4.72 Å². The molecular formula is C10H12NO6S-. The van der Waals surface area contributed by atoms with E-state index < -0.39 is 16.0 Å². The molecule has 0 heterocycles. The third-order valence-electron chi connectivity index (χ3n) is 2.11. The molecule has 0 radical (unpaired) electrons. The van der Waals surface area contributed by atoms with Crippen LogP contribution in [0.4, 0.5) is 0 Å². The largest absolute Gasteiger partial charge is 0.545 e. The Hall–Kier alpha value is -1.64. The number of aromatic carboxylic acids is 1. The monoisotopic (exact) mass is 274 g/mol. The van der Waals surface area contributed by atoms with Gasteiger partial charge in [0.05, 0.1) is 24.6 Å². The lowest BCUT2D eigenvalue weighted by molar-refractivity contribution is -0.255. The number of carboxylic acid groups (broad SMARTS) is 1. The second-order valence-corrected chi connectivity index (χ2v) is 5.04. The molecule has 0 aliphatic carbocycles. The molecule has 0 aliphatic rings. The molecule has 100 valence electrons. The second-order valence-electron chi connectivity index (χ2n) is 3.27. The number of nitrogens with one attached hydrogen (secondary N) is 1. The Balaban J connectivity index is 3.20. The zero-order chi connectivity index (χ0) is 13.8. The molecule has 0 bridgehead atoms. The Bertz CT molecular complexity index is 539. The van der Waals surface area contributed by atoms with Gasteiger partial charge in [-0.25, -0.2) is 13.1 Å². The van der Waals surface area contributed by atoms with Gasteiger partial charge >= 0.3 is 0 Å². The summed E-state index contributed by atoms with van der Waals surface area (Å²) < 4.78 is 30.3. The van der Waals surface area contributed by atoms with Gasteiger partial charge in [-0.1, -0.05) is 0 Å². The van der Waals surface area contributed by atoms with Crippen LogP contribution in [0.5, 0.6) is 5.75 Å².